The molecule has 2 heterocycles. The largest absolute Gasteiger partial charge is 0.308 e. The molecule has 7 aromatic carbocycles. The van der Waals surface area contributed by atoms with E-state index in [0.717, 1.165) is 6.42 Å². The van der Waals surface area contributed by atoms with Crippen molar-refractivity contribution >= 4 is 38.1 Å². The lowest BCUT2D eigenvalue weighted by Crippen LogP contribution is -1.91. The lowest BCUT2D eigenvalue weighted by atomic mass is 9.91. The second kappa shape index (κ2) is 8.92. The van der Waals surface area contributed by atoms with Gasteiger partial charge in [-0.3, -0.25) is 0 Å². The molecule has 10 rings (SSSR count). The highest BCUT2D eigenvalue weighted by molar-refractivity contribution is 6.23. The van der Waals surface area contributed by atoms with Crippen molar-refractivity contribution in [2.75, 3.05) is 0 Å². The average molecular weight is 558 g/mol. The molecular formula is C43H27N. The van der Waals surface area contributed by atoms with E-state index in [1.165, 1.54) is 93.7 Å². The topological polar surface area (TPSA) is 4.41 Å². The minimum atomic E-state index is 0.925. The fourth-order valence-corrected chi connectivity index (χ4v) is 7.85. The lowest BCUT2D eigenvalue weighted by Gasteiger charge is -2.13. The van der Waals surface area contributed by atoms with Gasteiger partial charge in [0.1, 0.15) is 0 Å². The maximum Gasteiger partial charge on any atom is 0.0620 e. The van der Waals surface area contributed by atoms with Gasteiger partial charge in [0.15, 0.2) is 0 Å². The van der Waals surface area contributed by atoms with Gasteiger partial charge in [-0.1, -0.05) is 127 Å². The molecule has 0 spiro atoms. The second-order valence-electron chi connectivity index (χ2n) is 12.1. The molecule has 1 aliphatic rings. The number of benzene rings is 7. The first-order chi connectivity index (χ1) is 21.8. The van der Waals surface area contributed by atoms with Crippen molar-refractivity contribution in [3.05, 3.63) is 163 Å². The van der Waals surface area contributed by atoms with Crippen molar-refractivity contribution in [1.82, 2.24) is 4.40 Å². The molecule has 0 saturated heterocycles. The molecule has 0 atom stereocenters. The summed E-state index contributed by atoms with van der Waals surface area (Å²) in [5, 5.41) is 5.29. The quantitative estimate of drug-likeness (QED) is 0.203. The monoisotopic (exact) mass is 557 g/mol. The third-order valence-corrected chi connectivity index (χ3v) is 9.80. The van der Waals surface area contributed by atoms with E-state index in [4.69, 9.17) is 0 Å². The molecule has 9 aromatic rings. The van der Waals surface area contributed by atoms with E-state index in [-0.39, 0.29) is 0 Å². The van der Waals surface area contributed by atoms with E-state index in [1.807, 2.05) is 0 Å². The highest BCUT2D eigenvalue weighted by Gasteiger charge is 2.26. The number of rotatable bonds is 3. The van der Waals surface area contributed by atoms with E-state index < -0.39 is 0 Å². The van der Waals surface area contributed by atoms with Crippen molar-refractivity contribution in [2.45, 2.75) is 6.42 Å². The molecule has 2 aromatic heterocycles. The molecule has 0 radical (unpaired) electrons. The van der Waals surface area contributed by atoms with Crippen LogP contribution in [0.15, 0.2) is 152 Å². The summed E-state index contributed by atoms with van der Waals surface area (Å²) in [4.78, 5) is 0. The summed E-state index contributed by atoms with van der Waals surface area (Å²) in [7, 11) is 0. The molecule has 0 aliphatic heterocycles. The third-order valence-electron chi connectivity index (χ3n) is 9.80. The highest BCUT2D eigenvalue weighted by atomic mass is 14.9. The van der Waals surface area contributed by atoms with Gasteiger partial charge in [0.2, 0.25) is 0 Å². The highest BCUT2D eigenvalue weighted by Crippen LogP contribution is 2.48. The van der Waals surface area contributed by atoms with E-state index in [2.05, 4.69) is 156 Å². The van der Waals surface area contributed by atoms with Crippen LogP contribution in [0.4, 0.5) is 0 Å². The van der Waals surface area contributed by atoms with Crippen molar-refractivity contribution < 1.29 is 0 Å². The summed E-state index contributed by atoms with van der Waals surface area (Å²) in [6, 6.07) is 56.0. The van der Waals surface area contributed by atoms with E-state index in [0.29, 0.717) is 0 Å². The molecule has 0 unspecified atom stereocenters. The van der Waals surface area contributed by atoms with Crippen molar-refractivity contribution in [3.63, 3.8) is 0 Å². The van der Waals surface area contributed by atoms with E-state index >= 15 is 0 Å². The molecule has 1 aliphatic carbocycles. The van der Waals surface area contributed by atoms with Crippen molar-refractivity contribution in [3.8, 4) is 44.5 Å². The Morgan fingerprint density at radius 2 is 0.955 bits per heavy atom. The molecule has 0 saturated carbocycles. The first-order valence-electron chi connectivity index (χ1n) is 15.4. The molecular weight excluding hydrogens is 530 g/mol. The second-order valence-corrected chi connectivity index (χ2v) is 12.1. The minimum absolute atomic E-state index is 0.925. The molecule has 0 amide bonds. The van der Waals surface area contributed by atoms with Crippen LogP contribution in [0.3, 0.4) is 0 Å². The van der Waals surface area contributed by atoms with E-state index in [1.54, 1.807) is 0 Å². The number of hydrogen-bond donors (Lipinski definition) is 0. The minimum Gasteiger partial charge on any atom is -0.308 e. The van der Waals surface area contributed by atoms with Crippen LogP contribution in [0.2, 0.25) is 0 Å². The molecule has 1 heteroatoms. The number of aromatic nitrogens is 1. The summed E-state index contributed by atoms with van der Waals surface area (Å²) in [5.74, 6) is 0. The van der Waals surface area contributed by atoms with Gasteiger partial charge in [0.25, 0.3) is 0 Å². The van der Waals surface area contributed by atoms with Crippen LogP contribution in [-0.4, -0.2) is 4.40 Å². The van der Waals surface area contributed by atoms with Gasteiger partial charge < -0.3 is 4.40 Å². The zero-order valence-corrected chi connectivity index (χ0v) is 24.1. The van der Waals surface area contributed by atoms with Crippen molar-refractivity contribution in [2.24, 2.45) is 0 Å². The van der Waals surface area contributed by atoms with Gasteiger partial charge >= 0.3 is 0 Å². The summed E-state index contributed by atoms with van der Waals surface area (Å²) >= 11 is 0. The predicted octanol–water partition coefficient (Wildman–Crippen LogP) is 11.4. The fraction of sp³-hybridized carbons (Fsp3) is 0.0233. The maximum atomic E-state index is 2.48. The zero-order valence-electron chi connectivity index (χ0n) is 24.1. The van der Waals surface area contributed by atoms with Gasteiger partial charge in [-0.2, -0.15) is 0 Å². The average Bonchev–Trinajstić information content (AvgIpc) is 3.75. The van der Waals surface area contributed by atoms with Gasteiger partial charge in [-0.05, 0) is 86.3 Å². The van der Waals surface area contributed by atoms with Gasteiger partial charge in [0.05, 0.1) is 16.6 Å². The Balaban J connectivity index is 1.20. The molecule has 204 valence electrons. The lowest BCUT2D eigenvalue weighted by molar-refractivity contribution is 1.26. The van der Waals surface area contributed by atoms with Crippen LogP contribution in [0.1, 0.15) is 11.1 Å². The normalized spacial score (nSPS) is 12.5. The summed E-state index contributed by atoms with van der Waals surface area (Å²) < 4.78 is 2.48. The Kier molecular flexibility index (Phi) is 4.84. The SMILES string of the molecule is c1ccc(-c2cc(-c3ccccc3)c3c(c2)-c2cccc(-c4ccc5c6cccc7c8ccccc8n(c5c4)c76)c2C3)cc1. The first kappa shape index (κ1) is 23.9. The molecule has 0 fully saturated rings. The molecule has 1 nitrogen and oxygen atoms in total. The van der Waals surface area contributed by atoms with E-state index in [9.17, 15) is 0 Å². The molecule has 44 heavy (non-hydrogen) atoms. The Morgan fingerprint density at radius 3 is 1.77 bits per heavy atom. The number of fused-ring (bicyclic) bond motifs is 9. The van der Waals surface area contributed by atoms with Gasteiger partial charge in [0, 0.05) is 21.5 Å². The van der Waals surface area contributed by atoms with Crippen LogP contribution in [0, 0.1) is 0 Å². The van der Waals surface area contributed by atoms with Crippen LogP contribution in [-0.2, 0) is 6.42 Å². The third kappa shape index (κ3) is 3.24. The Morgan fingerprint density at radius 1 is 0.341 bits per heavy atom. The smallest absolute Gasteiger partial charge is 0.0620 e. The van der Waals surface area contributed by atoms with Gasteiger partial charge in [-0.15, -0.1) is 0 Å². The molecule has 0 N–H and O–H groups in total. The number of hydrogen-bond acceptors (Lipinski definition) is 0. The fourth-order valence-electron chi connectivity index (χ4n) is 7.85. The number of para-hydroxylation sites is 2. The zero-order chi connectivity index (χ0) is 28.8. The standard InChI is InChI=1S/C43H27N/c1-3-11-27(12-4-1)30-23-37(28-13-5-2-6-14-28)40-26-39-31(16-9-17-32(39)38(40)24-30)29-21-22-34-36-19-10-18-35-33-15-7-8-20-41(33)44(43(35)36)42(34)25-29/h1-25H,26H2. The van der Waals surface area contributed by atoms with Gasteiger partial charge in [-0.25, -0.2) is 0 Å². The van der Waals surface area contributed by atoms with Crippen LogP contribution < -0.4 is 0 Å². The van der Waals surface area contributed by atoms with Crippen LogP contribution in [0.25, 0.3) is 82.6 Å². The summed E-state index contributed by atoms with van der Waals surface area (Å²) in [6.45, 7) is 0. The predicted molar refractivity (Wildman–Crippen MR) is 186 cm³/mol. The van der Waals surface area contributed by atoms with Crippen molar-refractivity contribution in [1.29, 1.82) is 0 Å². The maximum absolute atomic E-state index is 2.48. The Labute approximate surface area is 255 Å². The Bertz CT molecular complexity index is 2550. The molecule has 0 bridgehead atoms. The first-order valence-corrected chi connectivity index (χ1v) is 15.4. The Hall–Kier alpha value is -5.66. The van der Waals surface area contributed by atoms with Crippen LogP contribution in [0.5, 0.6) is 0 Å². The summed E-state index contributed by atoms with van der Waals surface area (Å²) in [6.07, 6.45) is 0.925. The number of nitrogens with zero attached hydrogens (tertiary/aromatic N) is 1. The summed E-state index contributed by atoms with van der Waals surface area (Å²) in [5.41, 5.74) is 17.1. The van der Waals surface area contributed by atoms with Crippen LogP contribution >= 0.6 is 0 Å².